The van der Waals surface area contributed by atoms with E-state index >= 15 is 8.78 Å². The van der Waals surface area contributed by atoms with Gasteiger partial charge in [-0.15, -0.1) is 0 Å². The highest BCUT2D eigenvalue weighted by Gasteiger charge is 2.26. The van der Waals surface area contributed by atoms with Crippen LogP contribution in [-0.4, -0.2) is 0 Å². The quantitative estimate of drug-likeness (QED) is 0.115. The van der Waals surface area contributed by atoms with Gasteiger partial charge in [0.25, 0.3) is 0 Å². The fraction of sp³-hybridized carbons (Fsp3) is 0. The van der Waals surface area contributed by atoms with Crippen LogP contribution >= 0.6 is 15.9 Å². The van der Waals surface area contributed by atoms with E-state index in [4.69, 9.17) is 0 Å². The summed E-state index contributed by atoms with van der Waals surface area (Å²) in [6.45, 7) is 0. The second-order valence-corrected chi connectivity index (χ2v) is 9.59. The van der Waals surface area contributed by atoms with E-state index in [1.165, 1.54) is 0 Å². The van der Waals surface area contributed by atoms with Crippen molar-refractivity contribution in [1.29, 1.82) is 0 Å². The molecule has 0 fully saturated rings. The van der Waals surface area contributed by atoms with Crippen LogP contribution in [0.5, 0.6) is 0 Å². The molecule has 0 unspecified atom stereocenters. The van der Waals surface area contributed by atoms with Gasteiger partial charge in [-0.05, 0) is 83.5 Å². The number of benzene rings is 6. The van der Waals surface area contributed by atoms with Gasteiger partial charge in [0.1, 0.15) is 0 Å². The van der Waals surface area contributed by atoms with Crippen LogP contribution in [0.1, 0.15) is 0 Å². The summed E-state index contributed by atoms with van der Waals surface area (Å²) in [6.07, 6.45) is 0. The molecule has 0 nitrogen and oxygen atoms in total. The van der Waals surface area contributed by atoms with Gasteiger partial charge in [-0.3, -0.25) is 0 Å². The SMILES string of the molecule is Fc1c(F)c(-c2cc(-c3cccc4ccccc34)cc(-c3cccc4ccccc34)c2)c(F)c(F)c1Br. The third kappa shape index (κ3) is 3.91. The number of fused-ring (bicyclic) bond motifs is 2. The summed E-state index contributed by atoms with van der Waals surface area (Å²) in [5.74, 6) is -5.86. The minimum absolute atomic E-state index is 0.0358. The van der Waals surface area contributed by atoms with E-state index < -0.39 is 33.3 Å². The Labute approximate surface area is 218 Å². The smallest absolute Gasteiger partial charge is 0.176 e. The molecule has 0 radical (unpaired) electrons. The molecule has 0 spiro atoms. The van der Waals surface area contributed by atoms with Gasteiger partial charge in [-0.25, -0.2) is 17.6 Å². The molecule has 0 saturated heterocycles. The second-order valence-electron chi connectivity index (χ2n) is 8.80. The van der Waals surface area contributed by atoms with Gasteiger partial charge in [0.2, 0.25) is 0 Å². The average Bonchev–Trinajstić information content (AvgIpc) is 2.94. The Hall–Kier alpha value is -3.96. The van der Waals surface area contributed by atoms with E-state index in [1.54, 1.807) is 12.1 Å². The van der Waals surface area contributed by atoms with Gasteiger partial charge in [-0.1, -0.05) is 84.9 Å². The van der Waals surface area contributed by atoms with Gasteiger partial charge in [0.05, 0.1) is 10.0 Å². The first-order valence-electron chi connectivity index (χ1n) is 11.6. The van der Waals surface area contributed by atoms with Gasteiger partial charge >= 0.3 is 0 Å². The highest BCUT2D eigenvalue weighted by atomic mass is 79.9. The molecule has 180 valence electrons. The van der Waals surface area contributed by atoms with Gasteiger partial charge in [0.15, 0.2) is 23.3 Å². The van der Waals surface area contributed by atoms with Crippen molar-refractivity contribution in [3.05, 3.63) is 131 Å². The van der Waals surface area contributed by atoms with Gasteiger partial charge < -0.3 is 0 Å². The van der Waals surface area contributed by atoms with E-state index in [9.17, 15) is 8.78 Å². The number of halogens is 5. The summed E-state index contributed by atoms with van der Waals surface area (Å²) in [5.41, 5.74) is 2.29. The molecule has 5 heteroatoms. The lowest BCUT2D eigenvalue weighted by molar-refractivity contribution is 0.451. The van der Waals surface area contributed by atoms with Crippen LogP contribution in [0.4, 0.5) is 17.6 Å². The maximum atomic E-state index is 15.2. The normalized spacial score (nSPS) is 11.4. The first-order valence-corrected chi connectivity index (χ1v) is 12.4. The van der Waals surface area contributed by atoms with E-state index in [-0.39, 0.29) is 5.56 Å². The Bertz CT molecular complexity index is 1700. The molecular formula is C32H17BrF4. The van der Waals surface area contributed by atoms with Crippen molar-refractivity contribution in [1.82, 2.24) is 0 Å². The maximum absolute atomic E-state index is 15.2. The molecular weight excluding hydrogens is 540 g/mol. The van der Waals surface area contributed by atoms with E-state index in [1.807, 2.05) is 91.0 Å². The molecule has 0 aliphatic carbocycles. The monoisotopic (exact) mass is 556 g/mol. The molecule has 0 saturated carbocycles. The Morgan fingerprint density at radius 2 is 0.838 bits per heavy atom. The maximum Gasteiger partial charge on any atom is 0.176 e. The van der Waals surface area contributed by atoms with Gasteiger partial charge in [0, 0.05) is 0 Å². The highest BCUT2D eigenvalue weighted by Crippen LogP contribution is 2.41. The minimum Gasteiger partial charge on any atom is -0.203 e. The molecule has 6 aromatic rings. The lowest BCUT2D eigenvalue weighted by atomic mass is 9.89. The predicted octanol–water partition coefficient (Wildman–Crippen LogP) is 10.3. The summed E-state index contributed by atoms with van der Waals surface area (Å²) in [7, 11) is 0. The van der Waals surface area contributed by atoms with Crippen molar-refractivity contribution in [3.8, 4) is 33.4 Å². The van der Waals surface area contributed by atoms with Crippen molar-refractivity contribution >= 4 is 37.5 Å². The summed E-state index contributed by atoms with van der Waals surface area (Å²) in [4.78, 5) is 0. The molecule has 0 aliphatic rings. The van der Waals surface area contributed by atoms with Crippen LogP contribution in [0.3, 0.4) is 0 Å². The lowest BCUT2D eigenvalue weighted by Crippen LogP contribution is -2.01. The van der Waals surface area contributed by atoms with Crippen LogP contribution in [-0.2, 0) is 0 Å². The first-order chi connectivity index (χ1) is 17.9. The van der Waals surface area contributed by atoms with Crippen LogP contribution < -0.4 is 0 Å². The molecule has 0 aliphatic heterocycles. The molecule has 37 heavy (non-hydrogen) atoms. The standard InChI is InChI=1S/C32H17BrF4/c33-28-31(36)29(34)27(30(35)32(28)37)22-16-20(25-13-5-9-18-7-1-3-11-23(18)25)15-21(17-22)26-14-6-10-19-8-2-4-12-24(19)26/h1-17H. The Morgan fingerprint density at radius 3 is 1.32 bits per heavy atom. The van der Waals surface area contributed by atoms with Gasteiger partial charge in [-0.2, -0.15) is 0 Å². The third-order valence-corrected chi connectivity index (χ3v) is 7.33. The Balaban J connectivity index is 1.71. The number of hydrogen-bond donors (Lipinski definition) is 0. The van der Waals surface area contributed by atoms with Crippen molar-refractivity contribution in [2.45, 2.75) is 0 Å². The minimum atomic E-state index is -1.48. The van der Waals surface area contributed by atoms with Crippen molar-refractivity contribution in [2.24, 2.45) is 0 Å². The number of hydrogen-bond acceptors (Lipinski definition) is 0. The zero-order valence-corrected chi connectivity index (χ0v) is 20.8. The molecule has 0 N–H and O–H groups in total. The second kappa shape index (κ2) is 9.16. The molecule has 6 rings (SSSR count). The fourth-order valence-corrected chi connectivity index (χ4v) is 5.24. The first kappa shape index (κ1) is 23.4. The third-order valence-electron chi connectivity index (χ3n) is 6.63. The molecule has 6 aromatic carbocycles. The summed E-state index contributed by atoms with van der Waals surface area (Å²) in [5, 5.41) is 3.88. The van der Waals surface area contributed by atoms with Crippen LogP contribution in [0.25, 0.3) is 54.9 Å². The Morgan fingerprint density at radius 1 is 0.432 bits per heavy atom. The fourth-order valence-electron chi connectivity index (χ4n) is 4.90. The summed E-state index contributed by atoms with van der Waals surface area (Å²) >= 11 is 2.61. The largest absolute Gasteiger partial charge is 0.203 e. The molecule has 0 amide bonds. The summed E-state index contributed by atoms with van der Waals surface area (Å²) < 4.78 is 58.5. The molecule has 0 aromatic heterocycles. The predicted molar refractivity (Wildman–Crippen MR) is 145 cm³/mol. The van der Waals surface area contributed by atoms with Crippen molar-refractivity contribution < 1.29 is 17.6 Å². The van der Waals surface area contributed by atoms with Crippen molar-refractivity contribution in [2.75, 3.05) is 0 Å². The Kier molecular flexibility index (Phi) is 5.81. The van der Waals surface area contributed by atoms with E-state index in [0.29, 0.717) is 11.1 Å². The molecule has 0 atom stereocenters. The lowest BCUT2D eigenvalue weighted by Gasteiger charge is -2.16. The zero-order valence-electron chi connectivity index (χ0n) is 19.2. The topological polar surface area (TPSA) is 0 Å². The van der Waals surface area contributed by atoms with Crippen LogP contribution in [0.15, 0.2) is 108 Å². The average molecular weight is 557 g/mol. The zero-order chi connectivity index (χ0) is 25.7. The van der Waals surface area contributed by atoms with E-state index in [0.717, 1.165) is 32.7 Å². The number of rotatable bonds is 3. The van der Waals surface area contributed by atoms with Crippen LogP contribution in [0.2, 0.25) is 0 Å². The van der Waals surface area contributed by atoms with Crippen molar-refractivity contribution in [3.63, 3.8) is 0 Å². The molecule has 0 bridgehead atoms. The van der Waals surface area contributed by atoms with Crippen LogP contribution in [0, 0.1) is 23.3 Å². The highest BCUT2D eigenvalue weighted by molar-refractivity contribution is 9.10. The summed E-state index contributed by atoms with van der Waals surface area (Å²) in [6, 6.07) is 32.3. The van der Waals surface area contributed by atoms with E-state index in [2.05, 4.69) is 15.9 Å². The molecule has 0 heterocycles.